The van der Waals surface area contributed by atoms with Gasteiger partial charge in [-0.15, -0.1) is 11.3 Å². The van der Waals surface area contributed by atoms with Gasteiger partial charge in [0.15, 0.2) is 0 Å². The Bertz CT molecular complexity index is 431. The van der Waals surface area contributed by atoms with Crippen LogP contribution in [0.4, 0.5) is 0 Å². The van der Waals surface area contributed by atoms with Gasteiger partial charge < -0.3 is 4.90 Å². The molecule has 0 N–H and O–H groups in total. The van der Waals surface area contributed by atoms with Crippen molar-refractivity contribution in [1.82, 2.24) is 4.90 Å². The summed E-state index contributed by atoms with van der Waals surface area (Å²) < 4.78 is 0. The van der Waals surface area contributed by atoms with Gasteiger partial charge in [-0.3, -0.25) is 4.79 Å². The quantitative estimate of drug-likeness (QED) is 0.659. The van der Waals surface area contributed by atoms with Crippen LogP contribution in [0.3, 0.4) is 0 Å². The molecule has 1 aliphatic heterocycles. The van der Waals surface area contributed by atoms with Crippen LogP contribution in [-0.4, -0.2) is 24.4 Å². The van der Waals surface area contributed by atoms with Gasteiger partial charge in [0.05, 0.1) is 5.56 Å². The van der Waals surface area contributed by atoms with Crippen molar-refractivity contribution in [2.75, 3.05) is 13.6 Å². The smallest absolute Gasteiger partial charge is 0.255 e. The van der Waals surface area contributed by atoms with Crippen LogP contribution < -0.4 is 0 Å². The zero-order valence-electron chi connectivity index (χ0n) is 9.17. The lowest BCUT2D eigenvalue weighted by Gasteiger charge is -2.47. The summed E-state index contributed by atoms with van der Waals surface area (Å²) in [4.78, 5) is 15.3. The molecule has 1 spiro atoms. The first kappa shape index (κ1) is 9.40. The Morgan fingerprint density at radius 1 is 1.47 bits per heavy atom. The number of rotatable bonds is 0. The van der Waals surface area contributed by atoms with Crippen LogP contribution in [0.2, 0.25) is 0 Å². The molecular formula is C12H15NOS. The highest BCUT2D eigenvalue weighted by Crippen LogP contribution is 2.50. The highest BCUT2D eigenvalue weighted by molar-refractivity contribution is 7.10. The summed E-state index contributed by atoms with van der Waals surface area (Å²) in [6.07, 6.45) is 3.84. The Labute approximate surface area is 93.9 Å². The number of hydrogen-bond donors (Lipinski definition) is 0. The molecule has 1 aromatic rings. The molecule has 0 unspecified atom stereocenters. The van der Waals surface area contributed by atoms with Crippen LogP contribution in [-0.2, 0) is 5.41 Å². The fraction of sp³-hybridized carbons (Fsp3) is 0.583. The fourth-order valence-electron chi connectivity index (χ4n) is 2.88. The van der Waals surface area contributed by atoms with Crippen molar-refractivity contribution in [3.8, 4) is 0 Å². The molecule has 2 heterocycles. The van der Waals surface area contributed by atoms with E-state index in [4.69, 9.17) is 0 Å². The molecule has 2 nitrogen and oxygen atoms in total. The number of likely N-dealkylation sites (N-methyl/N-ethyl adjacent to an activating group) is 1. The Kier molecular flexibility index (Phi) is 1.78. The van der Waals surface area contributed by atoms with E-state index in [9.17, 15) is 4.79 Å². The fourth-order valence-corrected chi connectivity index (χ4v) is 4.17. The number of nitrogens with zero attached hydrogens (tertiary/aromatic N) is 1. The number of carbonyl (C=O) groups excluding carboxylic acids is 1. The lowest BCUT2D eigenvalue weighted by atomic mass is 9.65. The largest absolute Gasteiger partial charge is 0.341 e. The summed E-state index contributed by atoms with van der Waals surface area (Å²) in [5.74, 6) is 0.223. The van der Waals surface area contributed by atoms with Crippen molar-refractivity contribution in [1.29, 1.82) is 0 Å². The number of amides is 1. The number of carbonyl (C=O) groups is 1. The predicted molar refractivity (Wildman–Crippen MR) is 61.5 cm³/mol. The molecule has 0 radical (unpaired) electrons. The van der Waals surface area contributed by atoms with E-state index in [1.54, 1.807) is 11.3 Å². The lowest BCUT2D eigenvalue weighted by Crippen LogP contribution is -2.50. The zero-order valence-corrected chi connectivity index (χ0v) is 9.99. The van der Waals surface area contributed by atoms with E-state index in [1.165, 1.54) is 24.1 Å². The van der Waals surface area contributed by atoms with E-state index in [0.29, 0.717) is 5.41 Å². The van der Waals surface area contributed by atoms with Gasteiger partial charge in [0, 0.05) is 23.9 Å². The van der Waals surface area contributed by atoms with Gasteiger partial charge in [-0.1, -0.05) is 6.42 Å². The minimum absolute atomic E-state index is 0.223. The number of thiophene rings is 1. The summed E-state index contributed by atoms with van der Waals surface area (Å²) >= 11 is 1.79. The minimum atomic E-state index is 0.223. The van der Waals surface area contributed by atoms with Crippen LogP contribution in [0.25, 0.3) is 0 Å². The maximum atomic E-state index is 12.1. The molecule has 0 bridgehead atoms. The van der Waals surface area contributed by atoms with Crippen LogP contribution in [0.1, 0.15) is 40.1 Å². The monoisotopic (exact) mass is 221 g/mol. The Morgan fingerprint density at radius 3 is 2.80 bits per heavy atom. The standard InChI is InChI=1S/C12H15NOS/c1-8-6-15-10-9(8)11(14)13(2)7-12(10)4-3-5-12/h6H,3-5,7H2,1-2H3. The summed E-state index contributed by atoms with van der Waals surface area (Å²) in [6.45, 7) is 2.98. The third-order valence-electron chi connectivity index (χ3n) is 3.87. The molecule has 80 valence electrons. The zero-order chi connectivity index (χ0) is 10.6. The molecule has 1 aromatic heterocycles. The molecule has 1 saturated carbocycles. The van der Waals surface area contributed by atoms with Gasteiger partial charge in [-0.05, 0) is 30.7 Å². The molecule has 0 saturated heterocycles. The third-order valence-corrected chi connectivity index (χ3v) is 5.21. The molecule has 1 amide bonds. The normalized spacial score (nSPS) is 22.8. The summed E-state index contributed by atoms with van der Waals surface area (Å²) in [6, 6.07) is 0. The Hall–Kier alpha value is -0.830. The van der Waals surface area contributed by atoms with Crippen molar-refractivity contribution in [3.63, 3.8) is 0 Å². The first-order valence-electron chi connectivity index (χ1n) is 5.48. The Balaban J connectivity index is 2.19. The number of hydrogen-bond acceptors (Lipinski definition) is 2. The van der Waals surface area contributed by atoms with Crippen LogP contribution in [0, 0.1) is 6.92 Å². The van der Waals surface area contributed by atoms with Gasteiger partial charge in [-0.2, -0.15) is 0 Å². The molecule has 3 rings (SSSR count). The van der Waals surface area contributed by atoms with Crippen molar-refractivity contribution in [3.05, 3.63) is 21.4 Å². The van der Waals surface area contributed by atoms with E-state index in [-0.39, 0.29) is 5.91 Å². The Morgan fingerprint density at radius 2 is 2.20 bits per heavy atom. The summed E-state index contributed by atoms with van der Waals surface area (Å²) in [5.41, 5.74) is 2.50. The van der Waals surface area contributed by atoms with E-state index < -0.39 is 0 Å². The SMILES string of the molecule is Cc1csc2c1C(=O)N(C)CC21CCC1. The highest BCUT2D eigenvalue weighted by Gasteiger charge is 2.47. The number of fused-ring (bicyclic) bond motifs is 2. The molecule has 1 aliphatic carbocycles. The molecule has 0 atom stereocenters. The third kappa shape index (κ3) is 1.07. The van der Waals surface area contributed by atoms with E-state index >= 15 is 0 Å². The van der Waals surface area contributed by atoms with Crippen molar-refractivity contribution < 1.29 is 4.79 Å². The second kappa shape index (κ2) is 2.85. The molecule has 0 aromatic carbocycles. The topological polar surface area (TPSA) is 20.3 Å². The first-order chi connectivity index (χ1) is 7.14. The molecule has 1 fully saturated rings. The molecule has 3 heteroatoms. The molecular weight excluding hydrogens is 206 g/mol. The second-order valence-corrected chi connectivity index (χ2v) is 5.80. The van der Waals surface area contributed by atoms with E-state index in [1.807, 2.05) is 11.9 Å². The summed E-state index contributed by atoms with van der Waals surface area (Å²) in [5, 5.41) is 2.14. The molecule has 2 aliphatic rings. The highest BCUT2D eigenvalue weighted by atomic mass is 32.1. The number of aryl methyl sites for hydroxylation is 1. The lowest BCUT2D eigenvalue weighted by molar-refractivity contribution is 0.0658. The van der Waals surface area contributed by atoms with Gasteiger partial charge >= 0.3 is 0 Å². The van der Waals surface area contributed by atoms with Crippen LogP contribution in [0.5, 0.6) is 0 Å². The average molecular weight is 221 g/mol. The minimum Gasteiger partial charge on any atom is -0.341 e. The van der Waals surface area contributed by atoms with Gasteiger partial charge in [0.2, 0.25) is 0 Å². The van der Waals surface area contributed by atoms with Gasteiger partial charge in [0.25, 0.3) is 5.91 Å². The average Bonchev–Trinajstić information content (AvgIpc) is 2.52. The first-order valence-corrected chi connectivity index (χ1v) is 6.36. The van der Waals surface area contributed by atoms with Gasteiger partial charge in [-0.25, -0.2) is 0 Å². The second-order valence-electron chi connectivity index (χ2n) is 4.92. The van der Waals surface area contributed by atoms with Crippen molar-refractivity contribution in [2.24, 2.45) is 0 Å². The van der Waals surface area contributed by atoms with Crippen molar-refractivity contribution >= 4 is 17.2 Å². The van der Waals surface area contributed by atoms with E-state index in [0.717, 1.165) is 17.7 Å². The van der Waals surface area contributed by atoms with E-state index in [2.05, 4.69) is 12.3 Å². The van der Waals surface area contributed by atoms with Crippen LogP contribution >= 0.6 is 11.3 Å². The predicted octanol–water partition coefficient (Wildman–Crippen LogP) is 2.56. The summed E-state index contributed by atoms with van der Waals surface area (Å²) in [7, 11) is 1.93. The molecule has 15 heavy (non-hydrogen) atoms. The maximum absolute atomic E-state index is 12.1. The van der Waals surface area contributed by atoms with Crippen LogP contribution in [0.15, 0.2) is 5.38 Å². The van der Waals surface area contributed by atoms with Crippen molar-refractivity contribution in [2.45, 2.75) is 31.6 Å². The maximum Gasteiger partial charge on any atom is 0.255 e. The van der Waals surface area contributed by atoms with Gasteiger partial charge in [0.1, 0.15) is 0 Å².